The van der Waals surface area contributed by atoms with Gasteiger partial charge < -0.3 is 4.89 Å². The number of rotatable bonds is 5. The summed E-state index contributed by atoms with van der Waals surface area (Å²) in [7, 11) is 0. The Balaban J connectivity index is 2.62. The first-order valence-electron chi connectivity index (χ1n) is 2.63. The molecule has 0 atom stereocenters. The van der Waals surface area contributed by atoms with Gasteiger partial charge in [-0.15, -0.1) is 0 Å². The molecule has 0 aromatic heterocycles. The fourth-order valence-corrected chi connectivity index (χ4v) is 0.279. The molecule has 0 aliphatic carbocycles. The molecule has 0 heterocycles. The van der Waals surface area contributed by atoms with E-state index < -0.39 is 0 Å². The van der Waals surface area contributed by atoms with E-state index in [1.54, 1.807) is 0 Å². The predicted octanol–water partition coefficient (Wildman–Crippen LogP) is 0.891. The Labute approximate surface area is 48.5 Å². The maximum absolute atomic E-state index is 9.42. The maximum atomic E-state index is 9.42. The second kappa shape index (κ2) is 6.43. The topological polar surface area (TPSA) is 35.5 Å². The van der Waals surface area contributed by atoms with Crippen LogP contribution in [0.2, 0.25) is 0 Å². The van der Waals surface area contributed by atoms with Gasteiger partial charge in [-0.2, -0.15) is 4.89 Å². The van der Waals surface area contributed by atoms with Gasteiger partial charge in [0.2, 0.25) is 0 Å². The van der Waals surface area contributed by atoms with Gasteiger partial charge in [0, 0.05) is 0 Å². The summed E-state index contributed by atoms with van der Waals surface area (Å²) in [6.07, 6.45) is 1.97. The average Bonchev–Trinajstić information content (AvgIpc) is 1.81. The zero-order chi connectivity index (χ0) is 6.24. The van der Waals surface area contributed by atoms with Crippen molar-refractivity contribution >= 4 is 6.47 Å². The van der Waals surface area contributed by atoms with Crippen molar-refractivity contribution in [2.24, 2.45) is 0 Å². The van der Waals surface area contributed by atoms with Crippen LogP contribution in [0.3, 0.4) is 0 Å². The molecule has 0 spiro atoms. The lowest BCUT2D eigenvalue weighted by Gasteiger charge is -1.93. The highest BCUT2D eigenvalue weighted by Crippen LogP contribution is 1.86. The van der Waals surface area contributed by atoms with E-state index in [1.807, 2.05) is 6.92 Å². The van der Waals surface area contributed by atoms with E-state index >= 15 is 0 Å². The summed E-state index contributed by atoms with van der Waals surface area (Å²) in [5, 5.41) is 0. The minimum Gasteiger partial charge on any atom is -0.302 e. The van der Waals surface area contributed by atoms with Crippen molar-refractivity contribution in [1.29, 1.82) is 0 Å². The molecule has 8 heavy (non-hydrogen) atoms. The summed E-state index contributed by atoms with van der Waals surface area (Å²) in [4.78, 5) is 17.7. The SMILES string of the molecule is CCCCOOC=O. The molecule has 0 aromatic carbocycles. The standard InChI is InChI=1S/C5H10O3/c1-2-3-4-7-8-5-6/h5H,2-4H2,1H3. The summed E-state index contributed by atoms with van der Waals surface area (Å²) < 4.78 is 0. The summed E-state index contributed by atoms with van der Waals surface area (Å²) in [6.45, 7) is 2.80. The van der Waals surface area contributed by atoms with Gasteiger partial charge in [-0.1, -0.05) is 13.3 Å². The van der Waals surface area contributed by atoms with E-state index in [1.165, 1.54) is 0 Å². The minimum absolute atomic E-state index is 0.273. The van der Waals surface area contributed by atoms with Crippen LogP contribution in [0.1, 0.15) is 19.8 Å². The maximum Gasteiger partial charge on any atom is 0.330 e. The molecule has 48 valence electrons. The van der Waals surface area contributed by atoms with Crippen molar-refractivity contribution in [3.05, 3.63) is 0 Å². The van der Waals surface area contributed by atoms with Crippen LogP contribution in [0.5, 0.6) is 0 Å². The van der Waals surface area contributed by atoms with E-state index in [9.17, 15) is 4.79 Å². The summed E-state index contributed by atoms with van der Waals surface area (Å²) in [5.41, 5.74) is 0. The molecule has 0 aromatic rings. The normalized spacial score (nSPS) is 8.62. The fraction of sp³-hybridized carbons (Fsp3) is 0.800. The van der Waals surface area contributed by atoms with Crippen LogP contribution in [0.25, 0.3) is 0 Å². The van der Waals surface area contributed by atoms with Crippen LogP contribution >= 0.6 is 0 Å². The van der Waals surface area contributed by atoms with Crippen molar-refractivity contribution in [1.82, 2.24) is 0 Å². The molecule has 0 aliphatic rings. The quantitative estimate of drug-likeness (QED) is 0.233. The minimum atomic E-state index is 0.273. The monoisotopic (exact) mass is 118 g/mol. The summed E-state index contributed by atoms with van der Waals surface area (Å²) >= 11 is 0. The first-order valence-corrected chi connectivity index (χ1v) is 2.63. The molecule has 0 fully saturated rings. The van der Waals surface area contributed by atoms with Gasteiger partial charge >= 0.3 is 6.47 Å². The first-order chi connectivity index (χ1) is 3.91. The second-order valence-corrected chi connectivity index (χ2v) is 1.37. The molecule has 0 radical (unpaired) electrons. The van der Waals surface area contributed by atoms with Crippen molar-refractivity contribution in [2.75, 3.05) is 6.61 Å². The molecule has 0 unspecified atom stereocenters. The van der Waals surface area contributed by atoms with Crippen LogP contribution < -0.4 is 0 Å². The summed E-state index contributed by atoms with van der Waals surface area (Å²) in [6, 6.07) is 0. The highest BCUT2D eigenvalue weighted by molar-refractivity contribution is 5.35. The lowest BCUT2D eigenvalue weighted by molar-refractivity contribution is -0.259. The first kappa shape index (κ1) is 7.43. The van der Waals surface area contributed by atoms with Crippen LogP contribution in [-0.4, -0.2) is 13.1 Å². The van der Waals surface area contributed by atoms with Gasteiger partial charge in [0.05, 0.1) is 6.61 Å². The van der Waals surface area contributed by atoms with E-state index in [2.05, 4.69) is 9.78 Å². The van der Waals surface area contributed by atoms with Crippen molar-refractivity contribution in [3.63, 3.8) is 0 Å². The fourth-order valence-electron chi connectivity index (χ4n) is 0.279. The lowest BCUT2D eigenvalue weighted by atomic mass is 10.4. The Hall–Kier alpha value is -0.570. The van der Waals surface area contributed by atoms with Gasteiger partial charge in [0.25, 0.3) is 0 Å². The predicted molar refractivity (Wildman–Crippen MR) is 28.0 cm³/mol. The average molecular weight is 118 g/mol. The highest BCUT2D eigenvalue weighted by atomic mass is 17.2. The van der Waals surface area contributed by atoms with Crippen LogP contribution in [-0.2, 0) is 14.6 Å². The molecule has 0 amide bonds. The van der Waals surface area contributed by atoms with Gasteiger partial charge in [0.15, 0.2) is 0 Å². The Morgan fingerprint density at radius 3 is 2.88 bits per heavy atom. The van der Waals surface area contributed by atoms with Crippen LogP contribution in [0.4, 0.5) is 0 Å². The van der Waals surface area contributed by atoms with Crippen molar-refractivity contribution in [2.45, 2.75) is 19.8 Å². The number of hydrogen-bond acceptors (Lipinski definition) is 3. The van der Waals surface area contributed by atoms with Gasteiger partial charge in [-0.05, 0) is 6.42 Å². The molecule has 0 bridgehead atoms. The molecular weight excluding hydrogens is 108 g/mol. The summed E-state index contributed by atoms with van der Waals surface area (Å²) in [5.74, 6) is 0. The number of hydrogen-bond donors (Lipinski definition) is 0. The molecular formula is C5H10O3. The zero-order valence-corrected chi connectivity index (χ0v) is 4.92. The Morgan fingerprint density at radius 2 is 2.38 bits per heavy atom. The van der Waals surface area contributed by atoms with Crippen molar-refractivity contribution < 1.29 is 14.6 Å². The molecule has 0 saturated heterocycles. The molecule has 0 rings (SSSR count). The number of unbranched alkanes of at least 4 members (excludes halogenated alkanes) is 1. The Morgan fingerprint density at radius 1 is 1.62 bits per heavy atom. The van der Waals surface area contributed by atoms with Crippen molar-refractivity contribution in [3.8, 4) is 0 Å². The number of carbonyl (C=O) groups is 1. The number of carbonyl (C=O) groups excluding carboxylic acids is 1. The third kappa shape index (κ3) is 5.43. The molecule has 3 nitrogen and oxygen atoms in total. The third-order valence-electron chi connectivity index (χ3n) is 0.689. The lowest BCUT2D eigenvalue weighted by Crippen LogP contribution is -1.93. The molecule has 0 saturated carbocycles. The van der Waals surface area contributed by atoms with E-state index in [0.717, 1.165) is 12.8 Å². The van der Waals surface area contributed by atoms with Gasteiger partial charge in [-0.25, -0.2) is 0 Å². The van der Waals surface area contributed by atoms with E-state index in [0.29, 0.717) is 6.61 Å². The zero-order valence-electron chi connectivity index (χ0n) is 4.92. The van der Waals surface area contributed by atoms with Crippen LogP contribution in [0.15, 0.2) is 0 Å². The Kier molecular flexibility index (Phi) is 5.97. The van der Waals surface area contributed by atoms with Gasteiger partial charge in [-0.3, -0.25) is 4.79 Å². The smallest absolute Gasteiger partial charge is 0.302 e. The highest BCUT2D eigenvalue weighted by Gasteiger charge is 1.82. The Bertz CT molecular complexity index is 53.6. The van der Waals surface area contributed by atoms with Crippen LogP contribution in [0, 0.1) is 0 Å². The largest absolute Gasteiger partial charge is 0.330 e. The molecule has 0 N–H and O–H groups in total. The second-order valence-electron chi connectivity index (χ2n) is 1.37. The molecule has 0 aliphatic heterocycles. The van der Waals surface area contributed by atoms with E-state index in [-0.39, 0.29) is 6.47 Å². The van der Waals surface area contributed by atoms with Gasteiger partial charge in [0.1, 0.15) is 0 Å². The molecule has 3 heteroatoms. The van der Waals surface area contributed by atoms with E-state index in [4.69, 9.17) is 0 Å². The third-order valence-corrected chi connectivity index (χ3v) is 0.689.